The summed E-state index contributed by atoms with van der Waals surface area (Å²) in [7, 11) is 0. The standard InChI is InChI=1S/C21H20N4O2S2/c1-6-7-24-19(27)16(18(26)23-21(24)28)9-15-8-11(2)25(13(15)4)20-17(10-22)12(3)14(5)29-20/h6,8-9H,1,7H2,2-5H3,(H,23,26,28). The Balaban J connectivity index is 2.12. The van der Waals surface area contributed by atoms with Crippen LogP contribution in [0.2, 0.25) is 0 Å². The summed E-state index contributed by atoms with van der Waals surface area (Å²) in [5.41, 5.74) is 4.11. The number of thiocarbonyl (C=S) groups is 1. The van der Waals surface area contributed by atoms with Crippen LogP contribution < -0.4 is 5.32 Å². The van der Waals surface area contributed by atoms with Crippen LogP contribution in [0.3, 0.4) is 0 Å². The maximum Gasteiger partial charge on any atom is 0.265 e. The van der Waals surface area contributed by atoms with Crippen LogP contribution in [0.5, 0.6) is 0 Å². The van der Waals surface area contributed by atoms with Gasteiger partial charge in [-0.15, -0.1) is 17.9 Å². The summed E-state index contributed by atoms with van der Waals surface area (Å²) < 4.78 is 1.99. The van der Waals surface area contributed by atoms with Crippen LogP contribution in [0.4, 0.5) is 0 Å². The zero-order chi connectivity index (χ0) is 21.5. The number of carbonyl (C=O) groups excluding carboxylic acids is 2. The first-order chi connectivity index (χ1) is 13.7. The summed E-state index contributed by atoms with van der Waals surface area (Å²) in [4.78, 5) is 27.6. The van der Waals surface area contributed by atoms with E-state index in [4.69, 9.17) is 12.2 Å². The van der Waals surface area contributed by atoms with Gasteiger partial charge in [-0.25, -0.2) is 0 Å². The highest BCUT2D eigenvalue weighted by molar-refractivity contribution is 7.80. The molecule has 1 aliphatic rings. The number of aryl methyl sites for hydroxylation is 2. The molecule has 0 aromatic carbocycles. The second-order valence-corrected chi connectivity index (χ2v) is 8.35. The first-order valence-electron chi connectivity index (χ1n) is 8.90. The maximum absolute atomic E-state index is 12.8. The van der Waals surface area contributed by atoms with Crippen LogP contribution >= 0.6 is 23.6 Å². The molecule has 2 aromatic rings. The number of nitriles is 1. The molecule has 0 unspecified atom stereocenters. The SMILES string of the molecule is C=CCN1C(=O)C(=Cc2cc(C)n(-c3sc(C)c(C)c3C#N)c2C)C(=O)NC1=S. The molecule has 29 heavy (non-hydrogen) atoms. The molecular formula is C21H20N4O2S2. The molecule has 3 heterocycles. The normalized spacial score (nSPS) is 15.6. The number of amides is 2. The molecule has 1 saturated heterocycles. The zero-order valence-corrected chi connectivity index (χ0v) is 18.3. The number of hydrogen-bond donors (Lipinski definition) is 1. The monoisotopic (exact) mass is 424 g/mol. The van der Waals surface area contributed by atoms with Crippen LogP contribution in [0.25, 0.3) is 11.1 Å². The van der Waals surface area contributed by atoms with Gasteiger partial charge in [0.25, 0.3) is 11.8 Å². The van der Waals surface area contributed by atoms with Crippen molar-refractivity contribution in [1.82, 2.24) is 14.8 Å². The first-order valence-corrected chi connectivity index (χ1v) is 10.1. The quantitative estimate of drug-likeness (QED) is 0.353. The van der Waals surface area contributed by atoms with Crippen molar-refractivity contribution in [2.24, 2.45) is 0 Å². The minimum absolute atomic E-state index is 0.0137. The van der Waals surface area contributed by atoms with Crippen LogP contribution in [-0.4, -0.2) is 32.9 Å². The summed E-state index contributed by atoms with van der Waals surface area (Å²) in [6.07, 6.45) is 3.13. The Bertz CT molecular complexity index is 1140. The Labute approximate surface area is 178 Å². The van der Waals surface area contributed by atoms with Gasteiger partial charge in [0.15, 0.2) is 5.11 Å². The van der Waals surface area contributed by atoms with Crippen molar-refractivity contribution in [3.8, 4) is 11.1 Å². The lowest BCUT2D eigenvalue weighted by Gasteiger charge is -2.27. The highest BCUT2D eigenvalue weighted by atomic mass is 32.1. The van der Waals surface area contributed by atoms with Gasteiger partial charge in [0.1, 0.15) is 16.6 Å². The summed E-state index contributed by atoms with van der Waals surface area (Å²) in [5, 5.41) is 13.1. The van der Waals surface area contributed by atoms with Crippen LogP contribution in [0.15, 0.2) is 24.3 Å². The Morgan fingerprint density at radius 2 is 2.00 bits per heavy atom. The molecule has 1 N–H and O–H groups in total. The van der Waals surface area contributed by atoms with E-state index in [1.165, 1.54) is 4.90 Å². The number of nitrogens with zero attached hydrogens (tertiary/aromatic N) is 3. The number of carbonyl (C=O) groups is 2. The Hall–Kier alpha value is -3.02. The van der Waals surface area contributed by atoms with Crippen molar-refractivity contribution in [2.75, 3.05) is 6.54 Å². The van der Waals surface area contributed by atoms with E-state index in [0.717, 1.165) is 32.4 Å². The molecule has 2 aromatic heterocycles. The molecule has 0 aliphatic carbocycles. The molecule has 8 heteroatoms. The Morgan fingerprint density at radius 1 is 1.31 bits per heavy atom. The van der Waals surface area contributed by atoms with E-state index in [1.54, 1.807) is 23.5 Å². The van der Waals surface area contributed by atoms with Gasteiger partial charge in [-0.3, -0.25) is 19.8 Å². The van der Waals surface area contributed by atoms with E-state index < -0.39 is 11.8 Å². The third kappa shape index (κ3) is 3.43. The molecule has 0 saturated carbocycles. The second kappa shape index (κ2) is 7.78. The van der Waals surface area contributed by atoms with Crippen molar-refractivity contribution in [2.45, 2.75) is 27.7 Å². The maximum atomic E-state index is 12.8. The molecule has 0 atom stereocenters. The topological polar surface area (TPSA) is 78.1 Å². The predicted octanol–water partition coefficient (Wildman–Crippen LogP) is 3.46. The fraction of sp³-hybridized carbons (Fsp3) is 0.238. The van der Waals surface area contributed by atoms with Crippen LogP contribution in [-0.2, 0) is 9.59 Å². The van der Waals surface area contributed by atoms with Crippen molar-refractivity contribution in [3.05, 3.63) is 57.2 Å². The first kappa shape index (κ1) is 20.7. The van der Waals surface area contributed by atoms with E-state index in [9.17, 15) is 14.9 Å². The molecule has 0 bridgehead atoms. The third-order valence-corrected chi connectivity index (χ3v) is 6.46. The van der Waals surface area contributed by atoms with E-state index in [0.29, 0.717) is 5.56 Å². The van der Waals surface area contributed by atoms with Gasteiger partial charge in [0.2, 0.25) is 0 Å². The smallest absolute Gasteiger partial charge is 0.265 e. The lowest BCUT2D eigenvalue weighted by atomic mass is 10.1. The third-order valence-electron chi connectivity index (χ3n) is 4.95. The van der Waals surface area contributed by atoms with E-state index >= 15 is 0 Å². The molecule has 1 aliphatic heterocycles. The summed E-state index contributed by atoms with van der Waals surface area (Å²) in [5.74, 6) is -0.977. The number of aromatic nitrogens is 1. The molecule has 3 rings (SSSR count). The van der Waals surface area contributed by atoms with Crippen molar-refractivity contribution < 1.29 is 9.59 Å². The molecular weight excluding hydrogens is 404 g/mol. The molecule has 1 fully saturated rings. The number of hydrogen-bond acceptors (Lipinski definition) is 5. The zero-order valence-electron chi connectivity index (χ0n) is 16.6. The molecule has 148 valence electrons. The van der Waals surface area contributed by atoms with Gasteiger partial charge in [0, 0.05) is 22.8 Å². The summed E-state index contributed by atoms with van der Waals surface area (Å²) in [6.45, 7) is 11.6. The van der Waals surface area contributed by atoms with Gasteiger partial charge >= 0.3 is 0 Å². The van der Waals surface area contributed by atoms with E-state index in [-0.39, 0.29) is 17.2 Å². The van der Waals surface area contributed by atoms with Crippen LogP contribution in [0, 0.1) is 39.0 Å². The van der Waals surface area contributed by atoms with Crippen molar-refractivity contribution >= 4 is 46.6 Å². The minimum Gasteiger partial charge on any atom is -0.308 e. The lowest BCUT2D eigenvalue weighted by molar-refractivity contribution is -0.128. The van der Waals surface area contributed by atoms with Gasteiger partial charge in [-0.05, 0) is 63.2 Å². The molecule has 2 amide bonds. The van der Waals surface area contributed by atoms with Gasteiger partial charge < -0.3 is 4.57 Å². The van der Waals surface area contributed by atoms with Gasteiger partial charge in [-0.1, -0.05) is 6.08 Å². The van der Waals surface area contributed by atoms with Crippen molar-refractivity contribution in [3.63, 3.8) is 0 Å². The minimum atomic E-state index is -0.523. The average Bonchev–Trinajstić information content (AvgIpc) is 3.10. The lowest BCUT2D eigenvalue weighted by Crippen LogP contribution is -2.53. The Kier molecular flexibility index (Phi) is 5.55. The fourth-order valence-corrected chi connectivity index (χ4v) is 4.76. The Morgan fingerprint density at radius 3 is 2.62 bits per heavy atom. The van der Waals surface area contributed by atoms with E-state index in [2.05, 4.69) is 18.0 Å². The van der Waals surface area contributed by atoms with Gasteiger partial charge in [0.05, 0.1) is 5.56 Å². The number of rotatable bonds is 4. The van der Waals surface area contributed by atoms with Gasteiger partial charge in [-0.2, -0.15) is 5.26 Å². The summed E-state index contributed by atoms with van der Waals surface area (Å²) in [6, 6.07) is 4.19. The van der Waals surface area contributed by atoms with Crippen LogP contribution in [0.1, 0.15) is 33.0 Å². The second-order valence-electron chi connectivity index (χ2n) is 6.76. The molecule has 0 spiro atoms. The van der Waals surface area contributed by atoms with Crippen molar-refractivity contribution in [1.29, 1.82) is 5.26 Å². The fourth-order valence-electron chi connectivity index (χ4n) is 3.29. The predicted molar refractivity (Wildman–Crippen MR) is 118 cm³/mol. The largest absolute Gasteiger partial charge is 0.308 e. The number of nitrogens with one attached hydrogen (secondary N) is 1. The molecule has 6 nitrogen and oxygen atoms in total. The highest BCUT2D eigenvalue weighted by Gasteiger charge is 2.33. The average molecular weight is 425 g/mol. The summed E-state index contributed by atoms with van der Waals surface area (Å²) >= 11 is 6.64. The highest BCUT2D eigenvalue weighted by Crippen LogP contribution is 2.34. The van der Waals surface area contributed by atoms with E-state index in [1.807, 2.05) is 38.3 Å². The molecule has 0 radical (unpaired) electrons. The number of thiophene rings is 1.